The predicted octanol–water partition coefficient (Wildman–Crippen LogP) is 3.67. The summed E-state index contributed by atoms with van der Waals surface area (Å²) in [5.41, 5.74) is 1.36. The van der Waals surface area contributed by atoms with Crippen molar-refractivity contribution >= 4 is 22.5 Å². The van der Waals surface area contributed by atoms with Crippen LogP contribution >= 0.6 is 0 Å². The largest absolute Gasteiger partial charge is 0.360 e. The van der Waals surface area contributed by atoms with E-state index >= 15 is 0 Å². The molecular formula is C23H28N4O2. The van der Waals surface area contributed by atoms with Crippen LogP contribution in [-0.2, 0) is 11.3 Å². The van der Waals surface area contributed by atoms with Crippen LogP contribution < -0.4 is 5.32 Å². The van der Waals surface area contributed by atoms with Crippen LogP contribution in [0, 0.1) is 6.92 Å². The lowest BCUT2D eigenvalue weighted by atomic mass is 10.0. The van der Waals surface area contributed by atoms with Gasteiger partial charge in [0.15, 0.2) is 5.82 Å². The van der Waals surface area contributed by atoms with Gasteiger partial charge in [-0.2, -0.15) is 0 Å². The second kappa shape index (κ2) is 8.76. The first-order chi connectivity index (χ1) is 14.1. The van der Waals surface area contributed by atoms with Gasteiger partial charge in [0.2, 0.25) is 5.91 Å². The Kier molecular flexibility index (Phi) is 5.92. The topological polar surface area (TPSA) is 61.6 Å². The van der Waals surface area contributed by atoms with E-state index in [-0.39, 0.29) is 11.9 Å². The van der Waals surface area contributed by atoms with Gasteiger partial charge in [0.25, 0.3) is 0 Å². The minimum Gasteiger partial charge on any atom is -0.360 e. The van der Waals surface area contributed by atoms with E-state index in [1.165, 1.54) is 16.3 Å². The average molecular weight is 393 g/mol. The first kappa shape index (κ1) is 19.6. The number of hydrogen-bond donors (Lipinski definition) is 1. The summed E-state index contributed by atoms with van der Waals surface area (Å²) in [6.07, 6.45) is 0.770. The Morgan fingerprint density at radius 2 is 1.90 bits per heavy atom. The van der Waals surface area contributed by atoms with Crippen LogP contribution in [0.15, 0.2) is 53.1 Å². The number of aromatic nitrogens is 1. The lowest BCUT2D eigenvalue weighted by molar-refractivity contribution is -0.122. The number of nitrogens with zero attached hydrogens (tertiary/aromatic N) is 3. The molecule has 1 atom stereocenters. The van der Waals surface area contributed by atoms with E-state index in [2.05, 4.69) is 69.7 Å². The summed E-state index contributed by atoms with van der Waals surface area (Å²) in [7, 11) is 0. The summed E-state index contributed by atoms with van der Waals surface area (Å²) in [6, 6.07) is 16.7. The third kappa shape index (κ3) is 4.49. The third-order valence-corrected chi connectivity index (χ3v) is 5.69. The van der Waals surface area contributed by atoms with E-state index in [1.54, 1.807) is 6.07 Å². The number of carbonyl (C=O) groups excluding carboxylic acids is 1. The molecule has 1 aromatic heterocycles. The van der Waals surface area contributed by atoms with Crippen molar-refractivity contribution in [2.24, 2.45) is 0 Å². The first-order valence-corrected chi connectivity index (χ1v) is 10.3. The van der Waals surface area contributed by atoms with E-state index in [0.717, 1.165) is 39.1 Å². The van der Waals surface area contributed by atoms with Crippen LogP contribution in [0.4, 0.5) is 5.82 Å². The van der Waals surface area contributed by atoms with E-state index in [4.69, 9.17) is 4.52 Å². The molecule has 2 aromatic carbocycles. The Balaban J connectivity index is 1.36. The molecule has 0 radical (unpaired) electrons. The van der Waals surface area contributed by atoms with Crippen LogP contribution in [0.3, 0.4) is 0 Å². The van der Waals surface area contributed by atoms with E-state index in [0.29, 0.717) is 11.6 Å². The van der Waals surface area contributed by atoms with Gasteiger partial charge < -0.3 is 9.84 Å². The fraction of sp³-hybridized carbons (Fsp3) is 0.391. The number of amides is 1. The molecule has 4 rings (SSSR count). The van der Waals surface area contributed by atoms with Crippen molar-refractivity contribution in [1.82, 2.24) is 15.0 Å². The molecule has 1 amide bonds. The molecule has 6 nitrogen and oxygen atoms in total. The summed E-state index contributed by atoms with van der Waals surface area (Å²) in [5.74, 6) is 1.17. The average Bonchev–Trinajstić information content (AvgIpc) is 3.14. The smallest absolute Gasteiger partial charge is 0.242 e. The summed E-state index contributed by atoms with van der Waals surface area (Å²) < 4.78 is 5.04. The van der Waals surface area contributed by atoms with Gasteiger partial charge in [-0.15, -0.1) is 0 Å². The normalized spacial score (nSPS) is 16.8. The van der Waals surface area contributed by atoms with Gasteiger partial charge >= 0.3 is 0 Å². The van der Waals surface area contributed by atoms with Gasteiger partial charge in [0, 0.05) is 38.8 Å². The van der Waals surface area contributed by atoms with Gasteiger partial charge in [-0.05, 0) is 29.7 Å². The highest BCUT2D eigenvalue weighted by Crippen LogP contribution is 2.21. The molecule has 0 bridgehead atoms. The number of hydrogen-bond acceptors (Lipinski definition) is 5. The Morgan fingerprint density at radius 1 is 1.14 bits per heavy atom. The number of fused-ring (bicyclic) bond motifs is 1. The molecule has 0 aliphatic carbocycles. The molecule has 1 fully saturated rings. The number of nitrogens with one attached hydrogen (secondary N) is 1. The fourth-order valence-corrected chi connectivity index (χ4v) is 4.15. The van der Waals surface area contributed by atoms with Crippen LogP contribution in [0.1, 0.15) is 24.7 Å². The fourth-order valence-electron chi connectivity index (χ4n) is 4.15. The van der Waals surface area contributed by atoms with Gasteiger partial charge in [-0.3, -0.25) is 14.6 Å². The van der Waals surface area contributed by atoms with Crippen molar-refractivity contribution in [2.75, 3.05) is 31.5 Å². The molecule has 0 spiro atoms. The minimum absolute atomic E-state index is 0.0108. The van der Waals surface area contributed by atoms with Crippen LogP contribution in [0.2, 0.25) is 0 Å². The number of aryl methyl sites for hydroxylation is 1. The Bertz CT molecular complexity index is 970. The lowest BCUT2D eigenvalue weighted by Crippen LogP contribution is -2.53. The number of piperazine rings is 1. The van der Waals surface area contributed by atoms with Crippen molar-refractivity contribution in [3.8, 4) is 0 Å². The minimum atomic E-state index is -0.147. The third-order valence-electron chi connectivity index (χ3n) is 5.69. The number of carbonyl (C=O) groups is 1. The Morgan fingerprint density at radius 3 is 2.62 bits per heavy atom. The van der Waals surface area contributed by atoms with E-state index < -0.39 is 0 Å². The predicted molar refractivity (Wildman–Crippen MR) is 115 cm³/mol. The molecule has 6 heteroatoms. The highest BCUT2D eigenvalue weighted by Gasteiger charge is 2.28. The molecule has 1 N–H and O–H groups in total. The molecule has 3 aromatic rings. The Labute approximate surface area is 171 Å². The van der Waals surface area contributed by atoms with Crippen molar-refractivity contribution in [3.05, 3.63) is 59.9 Å². The van der Waals surface area contributed by atoms with Crippen molar-refractivity contribution in [3.63, 3.8) is 0 Å². The van der Waals surface area contributed by atoms with Crippen molar-refractivity contribution in [2.45, 2.75) is 32.9 Å². The second-order valence-electron chi connectivity index (χ2n) is 7.69. The monoisotopic (exact) mass is 392 g/mol. The second-order valence-corrected chi connectivity index (χ2v) is 7.69. The number of benzene rings is 2. The zero-order valence-electron chi connectivity index (χ0n) is 17.1. The first-order valence-electron chi connectivity index (χ1n) is 10.3. The zero-order valence-corrected chi connectivity index (χ0v) is 17.1. The molecule has 1 saturated heterocycles. The highest BCUT2D eigenvalue weighted by molar-refractivity contribution is 5.94. The molecule has 152 valence electrons. The molecule has 29 heavy (non-hydrogen) atoms. The summed E-state index contributed by atoms with van der Waals surface area (Å²) in [5, 5.41) is 9.36. The maximum Gasteiger partial charge on any atom is 0.242 e. The zero-order chi connectivity index (χ0) is 20.2. The number of anilines is 1. The van der Waals surface area contributed by atoms with Gasteiger partial charge in [0.05, 0.1) is 6.04 Å². The summed E-state index contributed by atoms with van der Waals surface area (Å²) in [6.45, 7) is 8.49. The van der Waals surface area contributed by atoms with Gasteiger partial charge in [-0.1, -0.05) is 54.5 Å². The Hall–Kier alpha value is -2.70. The highest BCUT2D eigenvalue weighted by atomic mass is 16.5. The van der Waals surface area contributed by atoms with E-state index in [9.17, 15) is 4.79 Å². The standard InChI is InChI=1S/C23H28N4O2/c1-3-21(23(28)24-22-15-17(2)29-25-22)27-13-11-26(12-14-27)16-19-9-6-8-18-7-4-5-10-20(18)19/h4-10,15,21H,3,11-14,16H2,1-2H3,(H,24,25,28). The van der Waals surface area contributed by atoms with Gasteiger partial charge in [-0.25, -0.2) is 0 Å². The number of rotatable bonds is 6. The summed E-state index contributed by atoms with van der Waals surface area (Å²) in [4.78, 5) is 17.5. The quantitative estimate of drug-likeness (QED) is 0.694. The van der Waals surface area contributed by atoms with Crippen molar-refractivity contribution in [1.29, 1.82) is 0 Å². The molecule has 1 aliphatic heterocycles. The molecule has 1 unspecified atom stereocenters. The van der Waals surface area contributed by atoms with Crippen LogP contribution in [0.5, 0.6) is 0 Å². The van der Waals surface area contributed by atoms with Crippen LogP contribution in [0.25, 0.3) is 10.8 Å². The van der Waals surface area contributed by atoms with Crippen LogP contribution in [-0.4, -0.2) is 53.1 Å². The van der Waals surface area contributed by atoms with E-state index in [1.807, 2.05) is 6.92 Å². The SMILES string of the molecule is CCC(C(=O)Nc1cc(C)on1)N1CCN(Cc2cccc3ccccc23)CC1. The molecule has 0 saturated carbocycles. The maximum atomic E-state index is 12.7. The molecule has 2 heterocycles. The lowest BCUT2D eigenvalue weighted by Gasteiger charge is -2.38. The maximum absolute atomic E-state index is 12.7. The summed E-state index contributed by atoms with van der Waals surface area (Å²) >= 11 is 0. The molecular weight excluding hydrogens is 364 g/mol. The van der Waals surface area contributed by atoms with Crippen molar-refractivity contribution < 1.29 is 9.32 Å². The van der Waals surface area contributed by atoms with Gasteiger partial charge in [0.1, 0.15) is 5.76 Å². The molecule has 1 aliphatic rings.